The molecule has 1 unspecified atom stereocenters. The standard InChI is InChI=1S/C11H19N3OS/c1-12-8-11-14-13-10(16-11)6-5-9-4-2-3-7-15-9/h9,12H,2-8H2,1H3. The van der Waals surface area contributed by atoms with E-state index in [0.717, 1.165) is 36.0 Å². The van der Waals surface area contributed by atoms with Gasteiger partial charge in [0.15, 0.2) is 0 Å². The zero-order valence-corrected chi connectivity index (χ0v) is 10.6. The van der Waals surface area contributed by atoms with E-state index in [-0.39, 0.29) is 0 Å². The van der Waals surface area contributed by atoms with Crippen molar-refractivity contribution < 1.29 is 4.74 Å². The first-order chi connectivity index (χ1) is 7.88. The lowest BCUT2D eigenvalue weighted by atomic mass is 10.1. The number of hydrogen-bond acceptors (Lipinski definition) is 5. The van der Waals surface area contributed by atoms with Crippen LogP contribution in [0.4, 0.5) is 0 Å². The maximum atomic E-state index is 5.70. The van der Waals surface area contributed by atoms with Crippen LogP contribution in [0.2, 0.25) is 0 Å². The maximum absolute atomic E-state index is 5.70. The van der Waals surface area contributed by atoms with Crippen LogP contribution in [0, 0.1) is 0 Å². The Bertz CT molecular complexity index is 310. The Morgan fingerprint density at radius 3 is 3.00 bits per heavy atom. The molecule has 0 aliphatic carbocycles. The van der Waals surface area contributed by atoms with Crippen LogP contribution in [0.3, 0.4) is 0 Å². The summed E-state index contributed by atoms with van der Waals surface area (Å²) in [6.07, 6.45) is 6.29. The first-order valence-corrected chi connectivity index (χ1v) is 6.77. The maximum Gasteiger partial charge on any atom is 0.131 e. The van der Waals surface area contributed by atoms with Crippen molar-refractivity contribution >= 4 is 11.3 Å². The number of ether oxygens (including phenoxy) is 1. The third-order valence-electron chi connectivity index (χ3n) is 2.79. The summed E-state index contributed by atoms with van der Waals surface area (Å²) in [7, 11) is 1.93. The lowest BCUT2D eigenvalue weighted by Gasteiger charge is -2.21. The van der Waals surface area contributed by atoms with Crippen molar-refractivity contribution in [3.63, 3.8) is 0 Å². The largest absolute Gasteiger partial charge is 0.378 e. The molecular formula is C11H19N3OS. The summed E-state index contributed by atoms with van der Waals surface area (Å²) in [6, 6.07) is 0. The molecule has 1 aliphatic heterocycles. The van der Waals surface area contributed by atoms with Gasteiger partial charge in [0, 0.05) is 19.6 Å². The van der Waals surface area contributed by atoms with E-state index in [1.807, 2.05) is 7.05 Å². The van der Waals surface area contributed by atoms with Crippen LogP contribution in [-0.4, -0.2) is 30.0 Å². The van der Waals surface area contributed by atoms with E-state index in [1.165, 1.54) is 19.3 Å². The third-order valence-corrected chi connectivity index (χ3v) is 3.77. The van der Waals surface area contributed by atoms with E-state index in [0.29, 0.717) is 6.10 Å². The van der Waals surface area contributed by atoms with E-state index in [9.17, 15) is 0 Å². The average molecular weight is 241 g/mol. The SMILES string of the molecule is CNCc1nnc(CCC2CCCCO2)s1. The fourth-order valence-corrected chi connectivity index (χ4v) is 2.80. The molecule has 1 aliphatic rings. The van der Waals surface area contributed by atoms with Crippen molar-refractivity contribution in [1.82, 2.24) is 15.5 Å². The zero-order chi connectivity index (χ0) is 11.2. The van der Waals surface area contributed by atoms with Crippen molar-refractivity contribution in [2.24, 2.45) is 0 Å². The van der Waals surface area contributed by atoms with Crippen molar-refractivity contribution in [2.75, 3.05) is 13.7 Å². The molecule has 1 N–H and O–H groups in total. The smallest absolute Gasteiger partial charge is 0.131 e. The first kappa shape index (κ1) is 12.0. The summed E-state index contributed by atoms with van der Waals surface area (Å²) in [5.41, 5.74) is 0. The van der Waals surface area contributed by atoms with Crippen molar-refractivity contribution in [3.05, 3.63) is 10.0 Å². The number of nitrogens with one attached hydrogen (secondary N) is 1. The fourth-order valence-electron chi connectivity index (χ4n) is 1.93. The lowest BCUT2D eigenvalue weighted by Crippen LogP contribution is -2.19. The summed E-state index contributed by atoms with van der Waals surface area (Å²) < 4.78 is 5.70. The Labute approximate surface area is 100 Å². The molecule has 0 spiro atoms. The van der Waals surface area contributed by atoms with Gasteiger partial charge in [-0.2, -0.15) is 0 Å². The van der Waals surface area contributed by atoms with E-state index < -0.39 is 0 Å². The first-order valence-electron chi connectivity index (χ1n) is 5.96. The molecule has 0 radical (unpaired) electrons. The summed E-state index contributed by atoms with van der Waals surface area (Å²) in [4.78, 5) is 0. The fraction of sp³-hybridized carbons (Fsp3) is 0.818. The van der Waals surface area contributed by atoms with Crippen LogP contribution in [0.1, 0.15) is 35.7 Å². The van der Waals surface area contributed by atoms with Crippen LogP contribution < -0.4 is 5.32 Å². The topological polar surface area (TPSA) is 47.0 Å². The van der Waals surface area contributed by atoms with Gasteiger partial charge >= 0.3 is 0 Å². The van der Waals surface area contributed by atoms with Gasteiger partial charge in [0.05, 0.1) is 6.10 Å². The van der Waals surface area contributed by atoms with Gasteiger partial charge in [0.2, 0.25) is 0 Å². The lowest BCUT2D eigenvalue weighted by molar-refractivity contribution is 0.0115. The molecule has 0 aromatic carbocycles. The number of hydrogen-bond donors (Lipinski definition) is 1. The Morgan fingerprint density at radius 2 is 2.25 bits per heavy atom. The van der Waals surface area contributed by atoms with Gasteiger partial charge in [-0.1, -0.05) is 0 Å². The molecule has 1 fully saturated rings. The predicted octanol–water partition coefficient (Wildman–Crippen LogP) is 1.76. The van der Waals surface area contributed by atoms with Gasteiger partial charge in [0.25, 0.3) is 0 Å². The Hall–Kier alpha value is -0.520. The highest BCUT2D eigenvalue weighted by molar-refractivity contribution is 7.11. The molecule has 5 heteroatoms. The Morgan fingerprint density at radius 1 is 1.38 bits per heavy atom. The molecule has 0 saturated carbocycles. The molecule has 0 amide bonds. The summed E-state index contributed by atoms with van der Waals surface area (Å²) in [6.45, 7) is 1.75. The number of aromatic nitrogens is 2. The third kappa shape index (κ3) is 3.50. The number of rotatable bonds is 5. The second-order valence-corrected chi connectivity index (χ2v) is 5.29. The van der Waals surface area contributed by atoms with Crippen LogP contribution in [0.5, 0.6) is 0 Å². The van der Waals surface area contributed by atoms with Gasteiger partial charge < -0.3 is 10.1 Å². The molecule has 90 valence electrons. The number of aryl methyl sites for hydroxylation is 1. The minimum Gasteiger partial charge on any atom is -0.378 e. The quantitative estimate of drug-likeness (QED) is 0.853. The molecule has 4 nitrogen and oxygen atoms in total. The van der Waals surface area contributed by atoms with Gasteiger partial charge in [0.1, 0.15) is 10.0 Å². The van der Waals surface area contributed by atoms with Gasteiger partial charge in [-0.25, -0.2) is 0 Å². The van der Waals surface area contributed by atoms with Gasteiger partial charge in [-0.15, -0.1) is 21.5 Å². The highest BCUT2D eigenvalue weighted by Crippen LogP contribution is 2.19. The molecule has 1 atom stereocenters. The van der Waals surface area contributed by atoms with Crippen LogP contribution in [-0.2, 0) is 17.7 Å². The van der Waals surface area contributed by atoms with Crippen LogP contribution in [0.25, 0.3) is 0 Å². The van der Waals surface area contributed by atoms with Crippen molar-refractivity contribution in [2.45, 2.75) is 44.8 Å². The second-order valence-electron chi connectivity index (χ2n) is 4.15. The molecule has 2 rings (SSSR count). The Kier molecular flexibility index (Phi) is 4.69. The van der Waals surface area contributed by atoms with Gasteiger partial charge in [-0.05, 0) is 32.7 Å². The van der Waals surface area contributed by atoms with Crippen molar-refractivity contribution in [3.8, 4) is 0 Å². The van der Waals surface area contributed by atoms with E-state index in [1.54, 1.807) is 11.3 Å². The zero-order valence-electron chi connectivity index (χ0n) is 9.74. The van der Waals surface area contributed by atoms with Crippen LogP contribution in [0.15, 0.2) is 0 Å². The van der Waals surface area contributed by atoms with Crippen LogP contribution >= 0.6 is 11.3 Å². The number of nitrogens with zero attached hydrogens (tertiary/aromatic N) is 2. The van der Waals surface area contributed by atoms with E-state index >= 15 is 0 Å². The predicted molar refractivity (Wildman–Crippen MR) is 64.6 cm³/mol. The molecule has 1 aromatic heterocycles. The minimum atomic E-state index is 0.449. The molecule has 1 saturated heterocycles. The van der Waals surface area contributed by atoms with Crippen molar-refractivity contribution in [1.29, 1.82) is 0 Å². The minimum absolute atomic E-state index is 0.449. The molecule has 1 aromatic rings. The second kappa shape index (κ2) is 6.27. The average Bonchev–Trinajstić information content (AvgIpc) is 2.76. The summed E-state index contributed by atoms with van der Waals surface area (Å²) in [5, 5.41) is 13.6. The molecular weight excluding hydrogens is 222 g/mol. The highest BCUT2D eigenvalue weighted by Gasteiger charge is 2.14. The summed E-state index contributed by atoms with van der Waals surface area (Å²) in [5.74, 6) is 0. The molecule has 0 bridgehead atoms. The monoisotopic (exact) mass is 241 g/mol. The molecule has 16 heavy (non-hydrogen) atoms. The highest BCUT2D eigenvalue weighted by atomic mass is 32.1. The van der Waals surface area contributed by atoms with E-state index in [4.69, 9.17) is 4.74 Å². The van der Waals surface area contributed by atoms with E-state index in [2.05, 4.69) is 15.5 Å². The summed E-state index contributed by atoms with van der Waals surface area (Å²) >= 11 is 1.71. The Balaban J connectivity index is 1.75. The van der Waals surface area contributed by atoms with Gasteiger partial charge in [-0.3, -0.25) is 0 Å². The normalized spacial score (nSPS) is 21.2. The molecule has 2 heterocycles.